The van der Waals surface area contributed by atoms with Crippen molar-refractivity contribution in [1.29, 1.82) is 0 Å². The fraction of sp³-hybridized carbons (Fsp3) is 0.400. The third-order valence-electron chi connectivity index (χ3n) is 5.50. The number of hydrogen-bond donors (Lipinski definition) is 2. The topological polar surface area (TPSA) is 69.0 Å². The van der Waals surface area contributed by atoms with Gasteiger partial charge in [-0.25, -0.2) is 4.79 Å². The number of aromatic amines is 2. The Bertz CT molecular complexity index is 857. The quantitative estimate of drug-likeness (QED) is 0.884. The summed E-state index contributed by atoms with van der Waals surface area (Å²) in [6.45, 7) is 3.83. The van der Waals surface area contributed by atoms with Crippen LogP contribution in [0.5, 0.6) is 0 Å². The van der Waals surface area contributed by atoms with Crippen LogP contribution in [0.1, 0.15) is 36.7 Å². The van der Waals surface area contributed by atoms with Gasteiger partial charge in [0.15, 0.2) is 0 Å². The average molecular weight is 337 g/mol. The lowest BCUT2D eigenvalue weighted by Gasteiger charge is -2.28. The van der Waals surface area contributed by atoms with Crippen LogP contribution >= 0.6 is 0 Å². The van der Waals surface area contributed by atoms with Crippen LogP contribution in [0.3, 0.4) is 0 Å². The number of fused-ring (bicyclic) bond motifs is 1. The lowest BCUT2D eigenvalue weighted by atomic mass is 9.82. The summed E-state index contributed by atoms with van der Waals surface area (Å²) in [7, 11) is 0. The lowest BCUT2D eigenvalue weighted by molar-refractivity contribution is -0.135. The smallest absolute Gasteiger partial charge is 0.323 e. The molecule has 0 bridgehead atoms. The predicted octanol–water partition coefficient (Wildman–Crippen LogP) is 2.67. The van der Waals surface area contributed by atoms with Gasteiger partial charge in [-0.2, -0.15) is 0 Å². The molecular weight excluding hydrogens is 314 g/mol. The van der Waals surface area contributed by atoms with E-state index in [0.29, 0.717) is 6.42 Å². The fourth-order valence-corrected chi connectivity index (χ4v) is 4.07. The second-order valence-electron chi connectivity index (χ2n) is 7.07. The fourth-order valence-electron chi connectivity index (χ4n) is 4.07. The first-order valence-electron chi connectivity index (χ1n) is 9.00. The minimum atomic E-state index is -0.212. The van der Waals surface area contributed by atoms with Crippen molar-refractivity contribution in [2.24, 2.45) is 11.8 Å². The van der Waals surface area contributed by atoms with E-state index in [4.69, 9.17) is 0 Å². The van der Waals surface area contributed by atoms with Gasteiger partial charge in [-0.05, 0) is 36.0 Å². The Balaban J connectivity index is 1.78. The van der Waals surface area contributed by atoms with Gasteiger partial charge in [-0.1, -0.05) is 37.3 Å². The SMILES string of the molecule is C[C@@H]1C(c2ccccc2)=Cc2[nH]c(=O)[nH]c2C[C@@H]1C(=O)N1CCCC1. The summed E-state index contributed by atoms with van der Waals surface area (Å²) in [6, 6.07) is 10.1. The molecule has 2 aromatic rings. The van der Waals surface area contributed by atoms with E-state index in [0.717, 1.165) is 48.5 Å². The third kappa shape index (κ3) is 2.95. The number of allylic oxidation sites excluding steroid dienone is 1. The maximum absolute atomic E-state index is 13.2. The molecule has 1 aromatic carbocycles. The molecule has 0 radical (unpaired) electrons. The number of amides is 1. The van der Waals surface area contributed by atoms with Crippen molar-refractivity contribution >= 4 is 17.6 Å². The molecule has 25 heavy (non-hydrogen) atoms. The molecule has 1 aromatic heterocycles. The van der Waals surface area contributed by atoms with Gasteiger partial charge in [-0.3, -0.25) is 4.79 Å². The Labute approximate surface area is 146 Å². The lowest BCUT2D eigenvalue weighted by Crippen LogP contribution is -2.38. The summed E-state index contributed by atoms with van der Waals surface area (Å²) in [4.78, 5) is 32.7. The van der Waals surface area contributed by atoms with Crippen molar-refractivity contribution in [2.45, 2.75) is 26.2 Å². The first-order valence-corrected chi connectivity index (χ1v) is 9.00. The zero-order valence-corrected chi connectivity index (χ0v) is 14.4. The molecule has 1 amide bonds. The van der Waals surface area contributed by atoms with Gasteiger partial charge in [0.1, 0.15) is 0 Å². The molecule has 1 aliphatic carbocycles. The maximum Gasteiger partial charge on any atom is 0.323 e. The monoisotopic (exact) mass is 337 g/mol. The molecule has 2 heterocycles. The number of nitrogens with one attached hydrogen (secondary N) is 2. The summed E-state index contributed by atoms with van der Waals surface area (Å²) in [5.41, 5.74) is 3.62. The highest BCUT2D eigenvalue weighted by atomic mass is 16.2. The van der Waals surface area contributed by atoms with Crippen molar-refractivity contribution in [3.8, 4) is 0 Å². The van der Waals surface area contributed by atoms with E-state index in [9.17, 15) is 9.59 Å². The van der Waals surface area contributed by atoms with E-state index in [2.05, 4.69) is 29.0 Å². The largest absolute Gasteiger partial charge is 0.342 e. The van der Waals surface area contributed by atoms with E-state index >= 15 is 0 Å². The first-order chi connectivity index (χ1) is 12.1. The molecule has 0 saturated carbocycles. The average Bonchev–Trinajstić information content (AvgIpc) is 3.24. The number of hydrogen-bond acceptors (Lipinski definition) is 2. The molecule has 1 saturated heterocycles. The Morgan fingerprint density at radius 3 is 2.56 bits per heavy atom. The van der Waals surface area contributed by atoms with Crippen LogP contribution in [0, 0.1) is 11.8 Å². The molecule has 0 spiro atoms. The molecule has 2 aliphatic rings. The molecule has 5 heteroatoms. The summed E-state index contributed by atoms with van der Waals surface area (Å²) < 4.78 is 0. The first kappa shape index (κ1) is 15.9. The second-order valence-corrected chi connectivity index (χ2v) is 7.07. The molecular formula is C20H23N3O2. The van der Waals surface area contributed by atoms with E-state index in [1.807, 2.05) is 29.2 Å². The van der Waals surface area contributed by atoms with Crippen LogP contribution in [0.25, 0.3) is 11.6 Å². The molecule has 2 N–H and O–H groups in total. The van der Waals surface area contributed by atoms with E-state index in [1.54, 1.807) is 0 Å². The number of nitrogens with zero attached hydrogens (tertiary/aromatic N) is 1. The van der Waals surface area contributed by atoms with E-state index in [1.165, 1.54) is 0 Å². The van der Waals surface area contributed by atoms with Gasteiger partial charge in [0.25, 0.3) is 0 Å². The molecule has 0 unspecified atom stereocenters. The maximum atomic E-state index is 13.2. The van der Waals surface area contributed by atoms with Crippen LogP contribution < -0.4 is 5.69 Å². The highest BCUT2D eigenvalue weighted by Gasteiger charge is 2.35. The minimum Gasteiger partial charge on any atom is -0.342 e. The number of carbonyl (C=O) groups excluding carboxylic acids is 1. The second kappa shape index (κ2) is 6.39. The standard InChI is InChI=1S/C20H23N3O2/c1-13-15(14-7-3-2-4-8-14)11-17-18(22-20(25)21-17)12-16(13)19(24)23-9-5-6-10-23/h2-4,7-8,11,13,16H,5-6,9-10,12H2,1H3,(H2,21,22,25)/t13-,16+/m1/s1. The number of aromatic nitrogens is 2. The Kier molecular flexibility index (Phi) is 4.07. The van der Waals surface area contributed by atoms with Crippen LogP contribution in [0.4, 0.5) is 0 Å². The summed E-state index contributed by atoms with van der Waals surface area (Å²) >= 11 is 0. The number of rotatable bonds is 2. The summed E-state index contributed by atoms with van der Waals surface area (Å²) in [5.74, 6) is 0.138. The van der Waals surface area contributed by atoms with Gasteiger partial charge in [0, 0.05) is 25.2 Å². The zero-order chi connectivity index (χ0) is 17.4. The number of benzene rings is 1. The van der Waals surface area contributed by atoms with Gasteiger partial charge >= 0.3 is 5.69 Å². The van der Waals surface area contributed by atoms with Crippen molar-refractivity contribution in [1.82, 2.24) is 14.9 Å². The van der Waals surface area contributed by atoms with Crippen LogP contribution in [-0.4, -0.2) is 33.9 Å². The van der Waals surface area contributed by atoms with Crippen LogP contribution in [-0.2, 0) is 11.2 Å². The number of likely N-dealkylation sites (tertiary alicyclic amines) is 1. The van der Waals surface area contributed by atoms with Crippen LogP contribution in [0.15, 0.2) is 35.1 Å². The van der Waals surface area contributed by atoms with Crippen molar-refractivity contribution in [3.63, 3.8) is 0 Å². The van der Waals surface area contributed by atoms with Crippen molar-refractivity contribution in [2.75, 3.05) is 13.1 Å². The molecule has 130 valence electrons. The summed E-state index contributed by atoms with van der Waals surface area (Å²) in [6.07, 6.45) is 4.77. The van der Waals surface area contributed by atoms with Crippen molar-refractivity contribution < 1.29 is 4.79 Å². The normalized spacial score (nSPS) is 23.1. The predicted molar refractivity (Wildman–Crippen MR) is 97.9 cm³/mol. The zero-order valence-electron chi connectivity index (χ0n) is 14.4. The Hall–Kier alpha value is -2.56. The Morgan fingerprint density at radius 2 is 1.84 bits per heavy atom. The number of imidazole rings is 1. The molecule has 1 fully saturated rings. The van der Waals surface area contributed by atoms with Crippen LogP contribution in [0.2, 0.25) is 0 Å². The molecule has 2 atom stereocenters. The highest BCUT2D eigenvalue weighted by molar-refractivity contribution is 5.89. The number of carbonyl (C=O) groups is 1. The third-order valence-corrected chi connectivity index (χ3v) is 5.50. The minimum absolute atomic E-state index is 0.0832. The highest BCUT2D eigenvalue weighted by Crippen LogP contribution is 2.37. The van der Waals surface area contributed by atoms with Crippen molar-refractivity contribution in [3.05, 3.63) is 57.8 Å². The van der Waals surface area contributed by atoms with Gasteiger partial charge in [0.2, 0.25) is 5.91 Å². The van der Waals surface area contributed by atoms with E-state index in [-0.39, 0.29) is 23.4 Å². The summed E-state index contributed by atoms with van der Waals surface area (Å²) in [5, 5.41) is 0. The molecule has 4 rings (SSSR count). The Morgan fingerprint density at radius 1 is 1.12 bits per heavy atom. The van der Waals surface area contributed by atoms with Gasteiger partial charge in [-0.15, -0.1) is 0 Å². The van der Waals surface area contributed by atoms with Gasteiger partial charge in [0.05, 0.1) is 11.6 Å². The van der Waals surface area contributed by atoms with E-state index < -0.39 is 0 Å². The number of H-pyrrole nitrogens is 2. The molecule has 5 nitrogen and oxygen atoms in total. The molecule has 1 aliphatic heterocycles. The van der Waals surface area contributed by atoms with Gasteiger partial charge < -0.3 is 14.9 Å².